The molecule has 0 aliphatic rings. The van der Waals surface area contributed by atoms with Crippen LogP contribution in [0.25, 0.3) is 0 Å². The maximum absolute atomic E-state index is 12.9. The molecule has 0 spiro atoms. The fourth-order valence-electron chi connectivity index (χ4n) is 1.29. The maximum Gasteiger partial charge on any atom is 0.219 e. The van der Waals surface area contributed by atoms with E-state index in [2.05, 4.69) is 4.98 Å². The molecule has 1 heterocycles. The van der Waals surface area contributed by atoms with Crippen molar-refractivity contribution in [2.45, 2.75) is 6.54 Å². The molecule has 1 aromatic carbocycles. The van der Waals surface area contributed by atoms with Gasteiger partial charge in [0, 0.05) is 24.9 Å². The highest BCUT2D eigenvalue weighted by molar-refractivity contribution is 6.30. The van der Waals surface area contributed by atoms with Gasteiger partial charge in [-0.1, -0.05) is 11.6 Å². The number of halogens is 2. The van der Waals surface area contributed by atoms with E-state index in [0.717, 1.165) is 5.56 Å². The summed E-state index contributed by atoms with van der Waals surface area (Å²) in [6.07, 6.45) is 1.60. The summed E-state index contributed by atoms with van der Waals surface area (Å²) in [6, 6.07) is 7.64. The molecule has 1 aromatic heterocycles. The second-order valence-corrected chi connectivity index (χ2v) is 3.79. The smallest absolute Gasteiger partial charge is 0.219 e. The molecular formula is C12H10ClFN2O. The molecule has 5 heteroatoms. The molecule has 17 heavy (non-hydrogen) atoms. The van der Waals surface area contributed by atoms with Gasteiger partial charge in [-0.2, -0.15) is 0 Å². The summed E-state index contributed by atoms with van der Waals surface area (Å²) in [4.78, 5) is 4.02. The Labute approximate surface area is 103 Å². The molecule has 0 fully saturated rings. The van der Waals surface area contributed by atoms with Gasteiger partial charge in [0.1, 0.15) is 11.6 Å². The molecule has 2 rings (SSSR count). The van der Waals surface area contributed by atoms with Crippen molar-refractivity contribution in [3.8, 4) is 11.6 Å². The summed E-state index contributed by atoms with van der Waals surface area (Å²) < 4.78 is 18.4. The van der Waals surface area contributed by atoms with Gasteiger partial charge in [-0.15, -0.1) is 0 Å². The molecule has 3 nitrogen and oxygen atoms in total. The molecule has 2 aromatic rings. The van der Waals surface area contributed by atoms with Gasteiger partial charge in [-0.25, -0.2) is 9.37 Å². The van der Waals surface area contributed by atoms with E-state index in [4.69, 9.17) is 22.1 Å². The highest BCUT2D eigenvalue weighted by Crippen LogP contribution is 2.25. The van der Waals surface area contributed by atoms with E-state index in [1.807, 2.05) is 0 Å². The summed E-state index contributed by atoms with van der Waals surface area (Å²) in [5, 5.41) is 0.0116. The van der Waals surface area contributed by atoms with E-state index >= 15 is 0 Å². The lowest BCUT2D eigenvalue weighted by atomic mass is 10.3. The molecule has 0 radical (unpaired) electrons. The first-order valence-corrected chi connectivity index (χ1v) is 5.35. The summed E-state index contributed by atoms with van der Waals surface area (Å²) in [5.41, 5.74) is 6.41. The van der Waals surface area contributed by atoms with Gasteiger partial charge >= 0.3 is 0 Å². The summed E-state index contributed by atoms with van der Waals surface area (Å²) in [6.45, 7) is 0.406. The van der Waals surface area contributed by atoms with Crippen molar-refractivity contribution in [1.29, 1.82) is 0 Å². The minimum absolute atomic E-state index is 0.0116. The first kappa shape index (κ1) is 11.8. The molecular weight excluding hydrogens is 243 g/mol. The van der Waals surface area contributed by atoms with Gasteiger partial charge in [0.15, 0.2) is 0 Å². The van der Waals surface area contributed by atoms with Gasteiger partial charge in [0.25, 0.3) is 0 Å². The standard InChI is InChI=1S/C12H10ClFN2O/c13-10-6-9(1-2-11(10)14)17-12-5-8(7-15)3-4-16-12/h1-6H,7,15H2. The van der Waals surface area contributed by atoms with E-state index in [-0.39, 0.29) is 5.02 Å². The highest BCUT2D eigenvalue weighted by Gasteiger charge is 2.04. The molecule has 88 valence electrons. The second-order valence-electron chi connectivity index (χ2n) is 3.38. The summed E-state index contributed by atoms with van der Waals surface area (Å²) >= 11 is 5.64. The first-order valence-electron chi connectivity index (χ1n) is 4.97. The van der Waals surface area contributed by atoms with E-state index in [1.165, 1.54) is 18.2 Å². The van der Waals surface area contributed by atoms with Crippen LogP contribution in [0.2, 0.25) is 5.02 Å². The van der Waals surface area contributed by atoms with E-state index < -0.39 is 5.82 Å². The molecule has 0 bridgehead atoms. The molecule has 0 unspecified atom stereocenters. The Morgan fingerprint density at radius 1 is 1.29 bits per heavy atom. The lowest BCUT2D eigenvalue weighted by molar-refractivity contribution is 0.460. The van der Waals surface area contributed by atoms with Crippen molar-refractivity contribution < 1.29 is 9.13 Å². The van der Waals surface area contributed by atoms with Crippen LogP contribution >= 0.6 is 11.6 Å². The predicted molar refractivity (Wildman–Crippen MR) is 63.6 cm³/mol. The number of aromatic nitrogens is 1. The van der Waals surface area contributed by atoms with Crippen LogP contribution in [0.3, 0.4) is 0 Å². The third-order valence-electron chi connectivity index (χ3n) is 2.15. The van der Waals surface area contributed by atoms with Crippen LogP contribution in [0, 0.1) is 5.82 Å². The molecule has 0 aliphatic carbocycles. The largest absolute Gasteiger partial charge is 0.439 e. The zero-order chi connectivity index (χ0) is 12.3. The number of nitrogens with two attached hydrogens (primary N) is 1. The summed E-state index contributed by atoms with van der Waals surface area (Å²) in [5.74, 6) is 0.344. The Balaban J connectivity index is 2.22. The third kappa shape index (κ3) is 2.93. The fraction of sp³-hybridized carbons (Fsp3) is 0.0833. The monoisotopic (exact) mass is 252 g/mol. The first-order chi connectivity index (χ1) is 8.19. The molecule has 0 saturated heterocycles. The van der Waals surface area contributed by atoms with E-state index in [1.54, 1.807) is 18.3 Å². The molecule has 0 atom stereocenters. The van der Waals surface area contributed by atoms with E-state index in [0.29, 0.717) is 18.2 Å². The Kier molecular flexibility index (Phi) is 3.56. The van der Waals surface area contributed by atoms with Gasteiger partial charge in [0.05, 0.1) is 5.02 Å². The van der Waals surface area contributed by atoms with Crippen molar-refractivity contribution in [2.24, 2.45) is 5.73 Å². The quantitative estimate of drug-likeness (QED) is 0.913. The number of pyridine rings is 1. The van der Waals surface area contributed by atoms with Gasteiger partial charge in [-0.05, 0) is 23.8 Å². The number of hydrogen-bond donors (Lipinski definition) is 1. The van der Waals surface area contributed by atoms with Crippen molar-refractivity contribution in [1.82, 2.24) is 4.98 Å². The van der Waals surface area contributed by atoms with Crippen LogP contribution in [0.1, 0.15) is 5.56 Å². The number of rotatable bonds is 3. The van der Waals surface area contributed by atoms with Crippen LogP contribution in [0.5, 0.6) is 11.6 Å². The van der Waals surface area contributed by atoms with E-state index in [9.17, 15) is 4.39 Å². The normalized spacial score (nSPS) is 10.3. The van der Waals surface area contributed by atoms with Gasteiger partial charge < -0.3 is 10.5 Å². The Bertz CT molecular complexity index is 534. The van der Waals surface area contributed by atoms with Crippen molar-refractivity contribution >= 4 is 11.6 Å². The van der Waals surface area contributed by atoms with Crippen molar-refractivity contribution in [3.63, 3.8) is 0 Å². The Hall–Kier alpha value is -1.65. The van der Waals surface area contributed by atoms with Crippen LogP contribution in [-0.4, -0.2) is 4.98 Å². The minimum atomic E-state index is -0.484. The third-order valence-corrected chi connectivity index (χ3v) is 2.44. The zero-order valence-corrected chi connectivity index (χ0v) is 9.62. The topological polar surface area (TPSA) is 48.1 Å². The lowest BCUT2D eigenvalue weighted by Gasteiger charge is -2.06. The fourth-order valence-corrected chi connectivity index (χ4v) is 1.46. The van der Waals surface area contributed by atoms with Gasteiger partial charge in [-0.3, -0.25) is 0 Å². The molecule has 0 aliphatic heterocycles. The Morgan fingerprint density at radius 2 is 2.12 bits per heavy atom. The molecule has 0 saturated carbocycles. The average molecular weight is 253 g/mol. The Morgan fingerprint density at radius 3 is 2.82 bits per heavy atom. The van der Waals surface area contributed by atoms with Crippen LogP contribution in [0.4, 0.5) is 4.39 Å². The van der Waals surface area contributed by atoms with Gasteiger partial charge in [0.2, 0.25) is 5.88 Å². The average Bonchev–Trinajstić information content (AvgIpc) is 2.34. The lowest BCUT2D eigenvalue weighted by Crippen LogP contribution is -1.97. The zero-order valence-electron chi connectivity index (χ0n) is 8.86. The van der Waals surface area contributed by atoms with Crippen LogP contribution in [0.15, 0.2) is 36.5 Å². The molecule has 0 amide bonds. The van der Waals surface area contributed by atoms with Crippen LogP contribution in [-0.2, 0) is 6.54 Å². The summed E-state index contributed by atoms with van der Waals surface area (Å²) in [7, 11) is 0. The van der Waals surface area contributed by atoms with Crippen molar-refractivity contribution in [3.05, 3.63) is 52.9 Å². The predicted octanol–water partition coefficient (Wildman–Crippen LogP) is 3.13. The molecule has 2 N–H and O–H groups in total. The number of ether oxygens (including phenoxy) is 1. The SMILES string of the molecule is NCc1ccnc(Oc2ccc(F)c(Cl)c2)c1. The maximum atomic E-state index is 12.9. The highest BCUT2D eigenvalue weighted by atomic mass is 35.5. The number of benzene rings is 1. The number of nitrogens with zero attached hydrogens (tertiary/aromatic N) is 1. The minimum Gasteiger partial charge on any atom is -0.439 e. The number of hydrogen-bond acceptors (Lipinski definition) is 3. The van der Waals surface area contributed by atoms with Crippen LogP contribution < -0.4 is 10.5 Å². The van der Waals surface area contributed by atoms with Crippen molar-refractivity contribution in [2.75, 3.05) is 0 Å². The second kappa shape index (κ2) is 5.12.